The van der Waals surface area contributed by atoms with Gasteiger partial charge in [-0.15, -0.1) is 0 Å². The summed E-state index contributed by atoms with van der Waals surface area (Å²) in [5.74, 6) is -1.58. The fraction of sp³-hybridized carbons (Fsp3) is 0.250. The molecule has 2 aromatic carbocycles. The summed E-state index contributed by atoms with van der Waals surface area (Å²) in [7, 11) is -2.07. The molecular formula is C24H23F2N3O5S. The van der Waals surface area contributed by atoms with Gasteiger partial charge in [-0.05, 0) is 36.8 Å². The molecule has 4 rings (SSSR count). The number of aromatic nitrogens is 3. The van der Waals surface area contributed by atoms with Crippen LogP contribution in [0.25, 0.3) is 22.3 Å². The molecule has 2 heterocycles. The summed E-state index contributed by atoms with van der Waals surface area (Å²) in [6.45, 7) is 2.15. The van der Waals surface area contributed by atoms with E-state index < -0.39 is 33.2 Å². The molecule has 35 heavy (non-hydrogen) atoms. The molecule has 1 unspecified atom stereocenters. The maximum atomic E-state index is 14.3. The number of hydrogen-bond donors (Lipinski definition) is 1. The molecule has 0 aliphatic heterocycles. The Kier molecular flexibility index (Phi) is 6.62. The summed E-state index contributed by atoms with van der Waals surface area (Å²) >= 11 is 0. The molecule has 0 aliphatic carbocycles. The third kappa shape index (κ3) is 4.90. The molecule has 0 radical (unpaired) electrons. The Morgan fingerprint density at radius 3 is 2.60 bits per heavy atom. The second kappa shape index (κ2) is 9.49. The molecule has 8 nitrogen and oxygen atoms in total. The number of nitrogens with one attached hydrogen (secondary N) is 1. The van der Waals surface area contributed by atoms with E-state index in [0.717, 1.165) is 12.3 Å². The van der Waals surface area contributed by atoms with Crippen LogP contribution in [0.5, 0.6) is 11.5 Å². The highest BCUT2D eigenvalue weighted by Crippen LogP contribution is 2.33. The summed E-state index contributed by atoms with van der Waals surface area (Å²) in [5, 5.41) is 0. The molecule has 11 heteroatoms. The van der Waals surface area contributed by atoms with E-state index in [2.05, 4.69) is 9.97 Å². The lowest BCUT2D eigenvalue weighted by Gasteiger charge is -2.20. The van der Waals surface area contributed by atoms with Crippen molar-refractivity contribution in [2.24, 2.45) is 0 Å². The summed E-state index contributed by atoms with van der Waals surface area (Å²) in [6, 6.07) is 9.20. The number of benzene rings is 2. The molecular weight excluding hydrogens is 480 g/mol. The average molecular weight is 504 g/mol. The zero-order valence-electron chi connectivity index (χ0n) is 19.2. The first-order chi connectivity index (χ1) is 16.6. The van der Waals surface area contributed by atoms with Crippen molar-refractivity contribution in [1.82, 2.24) is 14.5 Å². The van der Waals surface area contributed by atoms with Crippen molar-refractivity contribution in [3.63, 3.8) is 0 Å². The first-order valence-electron chi connectivity index (χ1n) is 10.7. The van der Waals surface area contributed by atoms with Gasteiger partial charge in [-0.25, -0.2) is 27.0 Å². The number of halogens is 2. The number of H-pyrrole nitrogens is 1. The highest BCUT2D eigenvalue weighted by atomic mass is 32.2. The van der Waals surface area contributed by atoms with E-state index in [1.807, 2.05) is 0 Å². The Bertz CT molecular complexity index is 1560. The van der Waals surface area contributed by atoms with Crippen LogP contribution in [-0.2, 0) is 9.84 Å². The highest BCUT2D eigenvalue weighted by molar-refractivity contribution is 7.90. The van der Waals surface area contributed by atoms with E-state index in [-0.39, 0.29) is 28.0 Å². The van der Waals surface area contributed by atoms with Crippen LogP contribution in [0, 0.1) is 11.6 Å². The zero-order chi connectivity index (χ0) is 25.3. The summed E-state index contributed by atoms with van der Waals surface area (Å²) in [5.41, 5.74) is 0.533. The lowest BCUT2D eigenvalue weighted by molar-refractivity contribution is 0.310. The Labute approximate surface area is 200 Å². The molecule has 0 bridgehead atoms. The normalized spacial score (nSPS) is 12.6. The van der Waals surface area contributed by atoms with Crippen LogP contribution in [0.2, 0.25) is 0 Å². The van der Waals surface area contributed by atoms with Crippen LogP contribution in [0.15, 0.2) is 53.5 Å². The molecule has 0 fully saturated rings. The van der Waals surface area contributed by atoms with Gasteiger partial charge in [0.15, 0.2) is 28.8 Å². The lowest BCUT2D eigenvalue weighted by atomic mass is 10.1. The van der Waals surface area contributed by atoms with Gasteiger partial charge in [0.1, 0.15) is 9.84 Å². The molecule has 1 N–H and O–H groups in total. The third-order valence-corrected chi connectivity index (χ3v) is 6.38. The van der Waals surface area contributed by atoms with Crippen molar-refractivity contribution in [3.8, 4) is 22.6 Å². The van der Waals surface area contributed by atoms with Gasteiger partial charge in [0.2, 0.25) is 0 Å². The van der Waals surface area contributed by atoms with E-state index in [4.69, 9.17) is 9.47 Å². The minimum Gasteiger partial charge on any atom is -0.493 e. The van der Waals surface area contributed by atoms with Crippen molar-refractivity contribution in [3.05, 3.63) is 76.3 Å². The van der Waals surface area contributed by atoms with E-state index in [9.17, 15) is 22.0 Å². The number of methoxy groups -OCH3 is 1. The number of nitrogens with zero attached hydrogens (tertiary/aromatic N) is 2. The van der Waals surface area contributed by atoms with Gasteiger partial charge in [-0.2, -0.15) is 0 Å². The summed E-state index contributed by atoms with van der Waals surface area (Å²) in [4.78, 5) is 20.0. The fourth-order valence-electron chi connectivity index (χ4n) is 3.95. The van der Waals surface area contributed by atoms with Gasteiger partial charge >= 0.3 is 5.69 Å². The van der Waals surface area contributed by atoms with Gasteiger partial charge in [0.25, 0.3) is 0 Å². The van der Waals surface area contributed by atoms with Crippen molar-refractivity contribution in [2.75, 3.05) is 25.7 Å². The Morgan fingerprint density at radius 1 is 1.14 bits per heavy atom. The van der Waals surface area contributed by atoms with E-state index in [1.165, 1.54) is 36.1 Å². The average Bonchev–Trinajstić information content (AvgIpc) is 3.13. The molecule has 184 valence electrons. The standard InChI is InChI=1S/C24H23F2N3O5S/c1-4-34-21-11-14(8-9-20(21)33-2)19(13-35(3,31)32)29-23-18(28-24(29)30)10-15(12-27-23)16-6-5-7-17(25)22(16)26/h5-12,19H,4,13H2,1-3H3,(H,28,30). The predicted octanol–water partition coefficient (Wildman–Crippen LogP) is 3.71. The van der Waals surface area contributed by atoms with E-state index in [0.29, 0.717) is 23.7 Å². The number of aromatic amines is 1. The Morgan fingerprint density at radius 2 is 1.91 bits per heavy atom. The number of pyridine rings is 1. The van der Waals surface area contributed by atoms with Crippen LogP contribution in [0.4, 0.5) is 8.78 Å². The molecule has 0 saturated carbocycles. The quantitative estimate of drug-likeness (QED) is 0.393. The first-order valence-corrected chi connectivity index (χ1v) is 12.7. The Balaban J connectivity index is 1.89. The first kappa shape index (κ1) is 24.4. The van der Waals surface area contributed by atoms with E-state index >= 15 is 0 Å². The second-order valence-corrected chi connectivity index (χ2v) is 10.1. The summed E-state index contributed by atoms with van der Waals surface area (Å²) < 4.78 is 64.8. The number of hydrogen-bond acceptors (Lipinski definition) is 6. The predicted molar refractivity (Wildman–Crippen MR) is 128 cm³/mol. The molecule has 1 atom stereocenters. The number of fused-ring (bicyclic) bond motifs is 1. The monoisotopic (exact) mass is 503 g/mol. The summed E-state index contributed by atoms with van der Waals surface area (Å²) in [6.07, 6.45) is 2.38. The second-order valence-electron chi connectivity index (χ2n) is 7.95. The van der Waals surface area contributed by atoms with Crippen molar-refractivity contribution in [1.29, 1.82) is 0 Å². The zero-order valence-corrected chi connectivity index (χ0v) is 20.0. The topological polar surface area (TPSA) is 103 Å². The number of ether oxygens (including phenoxy) is 2. The van der Waals surface area contributed by atoms with Gasteiger partial charge in [0, 0.05) is 23.6 Å². The van der Waals surface area contributed by atoms with Crippen molar-refractivity contribution in [2.45, 2.75) is 13.0 Å². The van der Waals surface area contributed by atoms with Crippen molar-refractivity contribution >= 4 is 21.0 Å². The van der Waals surface area contributed by atoms with Gasteiger partial charge < -0.3 is 14.5 Å². The molecule has 2 aromatic heterocycles. The SMILES string of the molecule is CCOc1cc(C(CS(C)(=O)=O)n2c(=O)[nH]c3cc(-c4cccc(F)c4F)cnc32)ccc1OC. The molecule has 0 spiro atoms. The maximum Gasteiger partial charge on any atom is 0.328 e. The highest BCUT2D eigenvalue weighted by Gasteiger charge is 2.26. The van der Waals surface area contributed by atoms with Gasteiger partial charge in [-0.3, -0.25) is 4.57 Å². The molecule has 0 aliphatic rings. The van der Waals surface area contributed by atoms with Crippen LogP contribution in [0.3, 0.4) is 0 Å². The minimum atomic E-state index is -3.55. The molecule has 0 saturated heterocycles. The van der Waals surface area contributed by atoms with Crippen LogP contribution < -0.4 is 15.2 Å². The maximum absolute atomic E-state index is 14.3. The van der Waals surface area contributed by atoms with Gasteiger partial charge in [-0.1, -0.05) is 18.2 Å². The fourth-order valence-corrected chi connectivity index (χ4v) is 4.87. The van der Waals surface area contributed by atoms with Crippen LogP contribution >= 0.6 is 0 Å². The number of sulfone groups is 1. The molecule has 0 amide bonds. The number of rotatable bonds is 8. The number of imidazole rings is 1. The van der Waals surface area contributed by atoms with Gasteiger partial charge in [0.05, 0.1) is 31.0 Å². The largest absolute Gasteiger partial charge is 0.493 e. The molecule has 4 aromatic rings. The van der Waals surface area contributed by atoms with Crippen LogP contribution in [-0.4, -0.2) is 48.7 Å². The lowest BCUT2D eigenvalue weighted by Crippen LogP contribution is -2.28. The Hall–Kier alpha value is -3.73. The smallest absolute Gasteiger partial charge is 0.328 e. The van der Waals surface area contributed by atoms with Crippen LogP contribution in [0.1, 0.15) is 18.5 Å². The van der Waals surface area contributed by atoms with Crippen molar-refractivity contribution < 1.29 is 26.7 Å². The van der Waals surface area contributed by atoms with E-state index in [1.54, 1.807) is 25.1 Å². The third-order valence-electron chi connectivity index (χ3n) is 5.46. The minimum absolute atomic E-state index is 0.0165.